The van der Waals surface area contributed by atoms with Gasteiger partial charge >= 0.3 is 0 Å². The van der Waals surface area contributed by atoms with Gasteiger partial charge in [-0.15, -0.1) is 0 Å². The van der Waals surface area contributed by atoms with Crippen LogP contribution in [0.15, 0.2) is 65.6 Å². The molecule has 2 aromatic heterocycles. The third kappa shape index (κ3) is 1.89. The second-order valence-corrected chi connectivity index (χ2v) is 4.86. The van der Waals surface area contributed by atoms with Crippen LogP contribution in [0.3, 0.4) is 0 Å². The van der Waals surface area contributed by atoms with Crippen LogP contribution in [0.1, 0.15) is 0 Å². The molecule has 0 aliphatic rings. The van der Waals surface area contributed by atoms with Gasteiger partial charge in [0.2, 0.25) is 0 Å². The summed E-state index contributed by atoms with van der Waals surface area (Å²) in [4.78, 5) is 16.2. The minimum atomic E-state index is -0.173. The Labute approximate surface area is 120 Å². The quantitative estimate of drug-likeness (QED) is 0.579. The highest BCUT2D eigenvalue weighted by molar-refractivity contribution is 5.95. The monoisotopic (exact) mass is 273 g/mol. The first kappa shape index (κ1) is 11.8. The van der Waals surface area contributed by atoms with Crippen molar-refractivity contribution in [1.82, 2.24) is 15.2 Å². The number of hydrogen-bond donors (Lipinski definition) is 1. The van der Waals surface area contributed by atoms with Crippen molar-refractivity contribution in [2.45, 2.75) is 0 Å². The fraction of sp³-hybridized carbons (Fsp3) is 0. The van der Waals surface area contributed by atoms with E-state index in [2.05, 4.69) is 15.2 Å². The van der Waals surface area contributed by atoms with Gasteiger partial charge in [-0.05, 0) is 18.2 Å². The minimum absolute atomic E-state index is 0.173. The molecule has 21 heavy (non-hydrogen) atoms. The Balaban J connectivity index is 2.04. The molecule has 1 N–H and O–H groups in total. The fourth-order valence-corrected chi connectivity index (χ4v) is 2.55. The Hall–Kier alpha value is -3.01. The maximum absolute atomic E-state index is 11.8. The van der Waals surface area contributed by atoms with Crippen molar-refractivity contribution in [3.8, 4) is 11.3 Å². The average Bonchev–Trinajstić information content (AvgIpc) is 2.55. The lowest BCUT2D eigenvalue weighted by molar-refractivity contribution is 1.02. The first-order chi connectivity index (χ1) is 10.3. The molecule has 4 rings (SSSR count). The van der Waals surface area contributed by atoms with Gasteiger partial charge in [-0.1, -0.05) is 36.4 Å². The smallest absolute Gasteiger partial charge is 0.267 e. The molecule has 0 saturated heterocycles. The summed E-state index contributed by atoms with van der Waals surface area (Å²) in [5.41, 5.74) is 2.44. The van der Waals surface area contributed by atoms with Crippen molar-refractivity contribution in [1.29, 1.82) is 0 Å². The predicted octanol–water partition coefficient (Wildman–Crippen LogP) is 3.14. The second kappa shape index (κ2) is 4.52. The fourth-order valence-electron chi connectivity index (χ4n) is 2.55. The van der Waals surface area contributed by atoms with Gasteiger partial charge in [-0.2, -0.15) is 5.10 Å². The molecule has 0 unspecified atom stereocenters. The average molecular weight is 273 g/mol. The van der Waals surface area contributed by atoms with Gasteiger partial charge in [-0.25, -0.2) is 5.10 Å². The molecule has 0 fully saturated rings. The van der Waals surface area contributed by atoms with Gasteiger partial charge < -0.3 is 0 Å². The molecule has 2 heterocycles. The van der Waals surface area contributed by atoms with Crippen LogP contribution in [-0.2, 0) is 0 Å². The summed E-state index contributed by atoms with van der Waals surface area (Å²) in [5.74, 6) is 0. The van der Waals surface area contributed by atoms with Crippen LogP contribution < -0.4 is 5.56 Å². The van der Waals surface area contributed by atoms with Gasteiger partial charge in [0.1, 0.15) is 0 Å². The Morgan fingerprint density at radius 3 is 2.67 bits per heavy atom. The highest BCUT2D eigenvalue weighted by Crippen LogP contribution is 2.26. The zero-order chi connectivity index (χ0) is 14.2. The zero-order valence-electron chi connectivity index (χ0n) is 11.1. The van der Waals surface area contributed by atoms with Crippen molar-refractivity contribution in [3.63, 3.8) is 0 Å². The first-order valence-electron chi connectivity index (χ1n) is 6.65. The topological polar surface area (TPSA) is 58.6 Å². The van der Waals surface area contributed by atoms with Crippen LogP contribution in [0, 0.1) is 0 Å². The van der Waals surface area contributed by atoms with Crippen molar-refractivity contribution < 1.29 is 0 Å². The van der Waals surface area contributed by atoms with E-state index in [9.17, 15) is 4.79 Å². The molecule has 0 aliphatic carbocycles. The lowest BCUT2D eigenvalue weighted by Gasteiger charge is -2.06. The largest absolute Gasteiger partial charge is 0.272 e. The van der Waals surface area contributed by atoms with Crippen LogP contribution in [0.25, 0.3) is 32.9 Å². The van der Waals surface area contributed by atoms with E-state index >= 15 is 0 Å². The Bertz CT molecular complexity index is 1020. The summed E-state index contributed by atoms with van der Waals surface area (Å²) in [6.07, 6.45) is 1.77. The molecule has 0 spiro atoms. The molecule has 4 aromatic rings. The first-order valence-corrected chi connectivity index (χ1v) is 6.65. The highest BCUT2D eigenvalue weighted by atomic mass is 16.1. The third-order valence-corrected chi connectivity index (χ3v) is 3.58. The number of benzene rings is 2. The summed E-state index contributed by atoms with van der Waals surface area (Å²) >= 11 is 0. The van der Waals surface area contributed by atoms with Crippen molar-refractivity contribution >= 4 is 21.7 Å². The highest BCUT2D eigenvalue weighted by Gasteiger charge is 2.08. The summed E-state index contributed by atoms with van der Waals surface area (Å²) in [7, 11) is 0. The normalized spacial score (nSPS) is 11.0. The van der Waals surface area contributed by atoms with E-state index in [1.807, 2.05) is 48.5 Å². The van der Waals surface area contributed by atoms with Crippen molar-refractivity contribution in [3.05, 3.63) is 71.1 Å². The maximum Gasteiger partial charge on any atom is 0.272 e. The molecule has 0 saturated carbocycles. The summed E-state index contributed by atoms with van der Waals surface area (Å²) in [5, 5.41) is 9.35. The molecule has 0 radical (unpaired) electrons. The van der Waals surface area contributed by atoms with E-state index in [0.717, 1.165) is 27.5 Å². The van der Waals surface area contributed by atoms with E-state index < -0.39 is 0 Å². The molecular weight excluding hydrogens is 262 g/mol. The van der Waals surface area contributed by atoms with Gasteiger partial charge in [0, 0.05) is 22.5 Å². The van der Waals surface area contributed by atoms with Crippen LogP contribution in [0.5, 0.6) is 0 Å². The molecule has 2 aromatic carbocycles. The van der Waals surface area contributed by atoms with Crippen LogP contribution in [0.2, 0.25) is 0 Å². The molecule has 0 aliphatic heterocycles. The van der Waals surface area contributed by atoms with E-state index in [1.165, 1.54) is 0 Å². The molecule has 0 atom stereocenters. The lowest BCUT2D eigenvalue weighted by atomic mass is 10.0. The number of rotatable bonds is 1. The Kier molecular flexibility index (Phi) is 2.54. The van der Waals surface area contributed by atoms with E-state index in [1.54, 1.807) is 12.3 Å². The number of pyridine rings is 1. The lowest BCUT2D eigenvalue weighted by Crippen LogP contribution is -2.09. The van der Waals surface area contributed by atoms with E-state index in [4.69, 9.17) is 0 Å². The molecule has 0 bridgehead atoms. The number of aromatic nitrogens is 3. The summed E-state index contributed by atoms with van der Waals surface area (Å²) in [6, 6.07) is 17.4. The SMILES string of the molecule is O=c1[nH]nc(-c2ccc3cccnc3c2)c2ccccc12. The standard InChI is InChI=1S/C17H11N3O/c21-17-14-6-2-1-5-13(14)16(19-20-17)12-8-7-11-4-3-9-18-15(11)10-12/h1-10H,(H,20,21). The molecular formula is C17H11N3O. The van der Waals surface area contributed by atoms with Crippen molar-refractivity contribution in [2.24, 2.45) is 0 Å². The van der Waals surface area contributed by atoms with Crippen molar-refractivity contribution in [2.75, 3.05) is 0 Å². The summed E-state index contributed by atoms with van der Waals surface area (Å²) in [6.45, 7) is 0. The number of H-pyrrole nitrogens is 1. The number of nitrogens with zero attached hydrogens (tertiary/aromatic N) is 2. The number of nitrogens with one attached hydrogen (secondary N) is 1. The van der Waals surface area contributed by atoms with Gasteiger partial charge in [-0.3, -0.25) is 9.78 Å². The number of fused-ring (bicyclic) bond motifs is 2. The molecule has 100 valence electrons. The van der Waals surface area contributed by atoms with Gasteiger partial charge in [0.25, 0.3) is 5.56 Å². The van der Waals surface area contributed by atoms with Gasteiger partial charge in [0.15, 0.2) is 0 Å². The third-order valence-electron chi connectivity index (χ3n) is 3.58. The Morgan fingerprint density at radius 2 is 1.76 bits per heavy atom. The van der Waals surface area contributed by atoms with E-state index in [0.29, 0.717) is 5.39 Å². The molecule has 4 heteroatoms. The number of aromatic amines is 1. The Morgan fingerprint density at radius 1 is 0.905 bits per heavy atom. The molecule has 4 nitrogen and oxygen atoms in total. The number of hydrogen-bond acceptors (Lipinski definition) is 3. The van der Waals surface area contributed by atoms with Crippen LogP contribution in [-0.4, -0.2) is 15.2 Å². The summed E-state index contributed by atoms with van der Waals surface area (Å²) < 4.78 is 0. The van der Waals surface area contributed by atoms with Crippen LogP contribution >= 0.6 is 0 Å². The van der Waals surface area contributed by atoms with E-state index in [-0.39, 0.29) is 5.56 Å². The maximum atomic E-state index is 11.8. The molecule has 0 amide bonds. The minimum Gasteiger partial charge on any atom is -0.267 e. The predicted molar refractivity (Wildman–Crippen MR) is 83.1 cm³/mol. The second-order valence-electron chi connectivity index (χ2n) is 4.86. The zero-order valence-corrected chi connectivity index (χ0v) is 11.1. The van der Waals surface area contributed by atoms with Crippen LogP contribution in [0.4, 0.5) is 0 Å². The van der Waals surface area contributed by atoms with Gasteiger partial charge in [0.05, 0.1) is 16.6 Å².